The minimum atomic E-state index is -0.0638. The van der Waals surface area contributed by atoms with Crippen LogP contribution in [0.1, 0.15) is 5.56 Å². The Kier molecular flexibility index (Phi) is 2.43. The third-order valence-electron chi connectivity index (χ3n) is 2.01. The summed E-state index contributed by atoms with van der Waals surface area (Å²) in [6, 6.07) is 7.11. The van der Waals surface area contributed by atoms with Crippen molar-refractivity contribution in [1.82, 2.24) is 9.78 Å². The maximum Gasteiger partial charge on any atom is 0.126 e. The Bertz CT molecular complexity index is 490. The average molecular weight is 221 g/mol. The van der Waals surface area contributed by atoms with E-state index in [0.29, 0.717) is 16.3 Å². The molecule has 76 valence electrons. The second-order valence-electron chi connectivity index (χ2n) is 3.00. The van der Waals surface area contributed by atoms with E-state index < -0.39 is 0 Å². The van der Waals surface area contributed by atoms with Crippen molar-refractivity contribution in [1.29, 1.82) is 5.41 Å². The van der Waals surface area contributed by atoms with Gasteiger partial charge in [-0.25, -0.2) is 4.68 Å². The van der Waals surface area contributed by atoms with E-state index in [-0.39, 0.29) is 5.84 Å². The molecule has 4 nitrogen and oxygen atoms in total. The molecule has 0 spiro atoms. The summed E-state index contributed by atoms with van der Waals surface area (Å²) in [5, 5.41) is 12.0. The van der Waals surface area contributed by atoms with Crippen molar-refractivity contribution in [3.05, 3.63) is 47.2 Å². The van der Waals surface area contributed by atoms with Crippen LogP contribution in [0.2, 0.25) is 5.02 Å². The first-order valence-corrected chi connectivity index (χ1v) is 4.71. The Balaban J connectivity index is 2.66. The Hall–Kier alpha value is -1.81. The molecular formula is C10H9ClN4. The fourth-order valence-electron chi connectivity index (χ4n) is 1.38. The Morgan fingerprint density at radius 2 is 2.20 bits per heavy atom. The minimum Gasteiger partial charge on any atom is -0.384 e. The van der Waals surface area contributed by atoms with Crippen LogP contribution in [-0.2, 0) is 0 Å². The van der Waals surface area contributed by atoms with Gasteiger partial charge in [0.1, 0.15) is 5.84 Å². The SMILES string of the molecule is N=C(N)c1c(Cl)cccc1-n1cccn1. The van der Waals surface area contributed by atoms with E-state index in [9.17, 15) is 0 Å². The summed E-state index contributed by atoms with van der Waals surface area (Å²) in [6.07, 6.45) is 3.43. The largest absolute Gasteiger partial charge is 0.384 e. The fourth-order valence-corrected chi connectivity index (χ4v) is 1.65. The third kappa shape index (κ3) is 1.71. The number of benzene rings is 1. The van der Waals surface area contributed by atoms with Gasteiger partial charge in [-0.3, -0.25) is 5.41 Å². The smallest absolute Gasteiger partial charge is 0.126 e. The number of halogens is 1. The molecule has 5 heteroatoms. The van der Waals surface area contributed by atoms with Crippen molar-refractivity contribution in [2.75, 3.05) is 0 Å². The molecule has 0 aliphatic rings. The number of amidine groups is 1. The fraction of sp³-hybridized carbons (Fsp3) is 0. The molecule has 0 fully saturated rings. The van der Waals surface area contributed by atoms with Crippen molar-refractivity contribution in [3.8, 4) is 5.69 Å². The van der Waals surface area contributed by atoms with Gasteiger partial charge in [0.05, 0.1) is 16.3 Å². The molecule has 2 rings (SSSR count). The van der Waals surface area contributed by atoms with Crippen LogP contribution in [0, 0.1) is 5.41 Å². The summed E-state index contributed by atoms with van der Waals surface area (Å²) in [7, 11) is 0. The molecule has 15 heavy (non-hydrogen) atoms. The van der Waals surface area contributed by atoms with Crippen molar-refractivity contribution in [3.63, 3.8) is 0 Å². The standard InChI is InChI=1S/C10H9ClN4/c11-7-3-1-4-8(9(7)10(12)13)15-6-2-5-14-15/h1-6H,(H3,12,13). The predicted molar refractivity (Wildman–Crippen MR) is 59.6 cm³/mol. The molecule has 3 N–H and O–H groups in total. The topological polar surface area (TPSA) is 67.7 Å². The van der Waals surface area contributed by atoms with Crippen molar-refractivity contribution in [2.24, 2.45) is 5.73 Å². The highest BCUT2D eigenvalue weighted by atomic mass is 35.5. The summed E-state index contributed by atoms with van der Waals surface area (Å²) in [5.41, 5.74) is 6.69. The molecule has 0 amide bonds. The molecule has 0 saturated heterocycles. The molecule has 0 bridgehead atoms. The first-order valence-electron chi connectivity index (χ1n) is 4.33. The minimum absolute atomic E-state index is 0.0638. The first kappa shape index (κ1) is 9.73. The van der Waals surface area contributed by atoms with Crippen LogP contribution in [0.5, 0.6) is 0 Å². The van der Waals surface area contributed by atoms with Crippen LogP contribution in [0.25, 0.3) is 5.69 Å². The van der Waals surface area contributed by atoms with E-state index in [4.69, 9.17) is 22.7 Å². The highest BCUT2D eigenvalue weighted by molar-refractivity contribution is 6.34. The van der Waals surface area contributed by atoms with Gasteiger partial charge in [-0.2, -0.15) is 5.10 Å². The molecule has 1 heterocycles. The highest BCUT2D eigenvalue weighted by Crippen LogP contribution is 2.21. The molecular weight excluding hydrogens is 212 g/mol. The predicted octanol–water partition coefficient (Wildman–Crippen LogP) is 1.81. The number of rotatable bonds is 2. The van der Waals surface area contributed by atoms with Crippen molar-refractivity contribution < 1.29 is 0 Å². The molecule has 1 aromatic carbocycles. The van der Waals surface area contributed by atoms with Crippen LogP contribution in [0.3, 0.4) is 0 Å². The molecule has 0 aliphatic heterocycles. The highest BCUT2D eigenvalue weighted by Gasteiger charge is 2.11. The van der Waals surface area contributed by atoms with Crippen molar-refractivity contribution >= 4 is 17.4 Å². The molecule has 0 aliphatic carbocycles. The van der Waals surface area contributed by atoms with Gasteiger partial charge >= 0.3 is 0 Å². The Morgan fingerprint density at radius 1 is 1.40 bits per heavy atom. The van der Waals surface area contributed by atoms with Crippen LogP contribution >= 0.6 is 11.6 Å². The van der Waals surface area contributed by atoms with Crippen LogP contribution < -0.4 is 5.73 Å². The molecule has 0 unspecified atom stereocenters. The first-order chi connectivity index (χ1) is 7.20. The normalized spacial score (nSPS) is 10.2. The van der Waals surface area contributed by atoms with E-state index in [1.165, 1.54) is 0 Å². The lowest BCUT2D eigenvalue weighted by molar-refractivity contribution is 0.878. The monoisotopic (exact) mass is 220 g/mol. The van der Waals surface area contributed by atoms with Gasteiger partial charge in [0.15, 0.2) is 0 Å². The van der Waals surface area contributed by atoms with Gasteiger partial charge in [0.2, 0.25) is 0 Å². The molecule has 0 saturated carbocycles. The lowest BCUT2D eigenvalue weighted by Crippen LogP contribution is -2.15. The Labute approximate surface area is 91.8 Å². The molecule has 1 aromatic heterocycles. The molecule has 0 radical (unpaired) electrons. The van der Waals surface area contributed by atoms with Gasteiger partial charge < -0.3 is 5.73 Å². The summed E-state index contributed by atoms with van der Waals surface area (Å²) < 4.78 is 1.63. The van der Waals surface area contributed by atoms with Gasteiger partial charge in [0.25, 0.3) is 0 Å². The van der Waals surface area contributed by atoms with Gasteiger partial charge in [-0.1, -0.05) is 17.7 Å². The van der Waals surface area contributed by atoms with Gasteiger partial charge in [-0.15, -0.1) is 0 Å². The second kappa shape index (κ2) is 3.74. The number of nitrogens with two attached hydrogens (primary N) is 1. The zero-order valence-corrected chi connectivity index (χ0v) is 8.57. The lowest BCUT2D eigenvalue weighted by Gasteiger charge is -2.09. The van der Waals surface area contributed by atoms with E-state index in [1.54, 1.807) is 35.3 Å². The van der Waals surface area contributed by atoms with Gasteiger partial charge in [-0.05, 0) is 18.2 Å². The van der Waals surface area contributed by atoms with Gasteiger partial charge in [0, 0.05) is 12.4 Å². The van der Waals surface area contributed by atoms with Crippen LogP contribution in [-0.4, -0.2) is 15.6 Å². The summed E-state index contributed by atoms with van der Waals surface area (Å²) in [4.78, 5) is 0. The third-order valence-corrected chi connectivity index (χ3v) is 2.33. The number of hydrogen-bond acceptors (Lipinski definition) is 2. The van der Waals surface area contributed by atoms with E-state index >= 15 is 0 Å². The number of aromatic nitrogens is 2. The molecule has 2 aromatic rings. The van der Waals surface area contributed by atoms with E-state index in [1.807, 2.05) is 6.07 Å². The Morgan fingerprint density at radius 3 is 2.80 bits per heavy atom. The lowest BCUT2D eigenvalue weighted by atomic mass is 10.1. The quantitative estimate of drug-likeness (QED) is 0.599. The van der Waals surface area contributed by atoms with E-state index in [0.717, 1.165) is 0 Å². The summed E-state index contributed by atoms with van der Waals surface area (Å²) in [5.74, 6) is -0.0638. The number of nitrogens with one attached hydrogen (secondary N) is 1. The molecule has 0 atom stereocenters. The van der Waals surface area contributed by atoms with Crippen LogP contribution in [0.4, 0.5) is 0 Å². The van der Waals surface area contributed by atoms with Crippen LogP contribution in [0.15, 0.2) is 36.7 Å². The zero-order valence-electron chi connectivity index (χ0n) is 7.81. The van der Waals surface area contributed by atoms with Crippen molar-refractivity contribution in [2.45, 2.75) is 0 Å². The average Bonchev–Trinajstić information content (AvgIpc) is 2.69. The number of nitrogen functional groups attached to an aromatic ring is 1. The zero-order chi connectivity index (χ0) is 10.8. The maximum absolute atomic E-state index is 7.47. The maximum atomic E-state index is 7.47. The number of hydrogen-bond donors (Lipinski definition) is 2. The van der Waals surface area contributed by atoms with E-state index in [2.05, 4.69) is 5.10 Å². The summed E-state index contributed by atoms with van der Waals surface area (Å²) in [6.45, 7) is 0. The number of nitrogens with zero attached hydrogens (tertiary/aromatic N) is 2. The second-order valence-corrected chi connectivity index (χ2v) is 3.41. The summed E-state index contributed by atoms with van der Waals surface area (Å²) >= 11 is 5.98.